The summed E-state index contributed by atoms with van der Waals surface area (Å²) in [4.78, 5) is 14.1. The Bertz CT molecular complexity index is 1150. The highest BCUT2D eigenvalue weighted by Gasteiger charge is 2.35. The molecule has 2 aromatic heterocycles. The Morgan fingerprint density at radius 3 is 2.70 bits per heavy atom. The summed E-state index contributed by atoms with van der Waals surface area (Å²) in [6.45, 7) is 3.83. The monoisotopic (exact) mass is 423 g/mol. The Balaban J connectivity index is 1.77. The number of thiazole rings is 1. The maximum atomic E-state index is 9.98. The molecule has 30 heavy (non-hydrogen) atoms. The number of anilines is 1. The highest BCUT2D eigenvalue weighted by Crippen LogP contribution is 2.47. The highest BCUT2D eigenvalue weighted by molar-refractivity contribution is 7.11. The van der Waals surface area contributed by atoms with E-state index < -0.39 is 0 Å². The van der Waals surface area contributed by atoms with Crippen LogP contribution in [-0.2, 0) is 0 Å². The number of aromatic nitrogens is 2. The van der Waals surface area contributed by atoms with E-state index in [9.17, 15) is 5.26 Å². The molecule has 0 bridgehead atoms. The zero-order valence-corrected chi connectivity index (χ0v) is 18.5. The molecule has 7 nitrogen and oxygen atoms in total. The van der Waals surface area contributed by atoms with Crippen LogP contribution in [0.3, 0.4) is 0 Å². The number of oxazole rings is 1. The van der Waals surface area contributed by atoms with Gasteiger partial charge in [0.25, 0.3) is 5.19 Å². The average molecular weight is 424 g/mol. The molecule has 1 aromatic carbocycles. The van der Waals surface area contributed by atoms with Crippen molar-refractivity contribution in [2.75, 3.05) is 39.2 Å². The molecule has 1 atom stereocenters. The minimum Gasteiger partial charge on any atom is -0.473 e. The third kappa shape index (κ3) is 3.04. The summed E-state index contributed by atoms with van der Waals surface area (Å²) in [5.41, 5.74) is 5.67. The standard InChI is InChI=1S/C22H25N5O2S/c1-12-15(9-23)18-20(29-21(25-18)13-5-6-13)19(27-8-7-14(10-27)26(2)3)17(12)16-11-30-22(24-16)28-4/h11,13-14H,5-8,10H2,1-4H3. The van der Waals surface area contributed by atoms with Gasteiger partial charge in [-0.3, -0.25) is 0 Å². The van der Waals surface area contributed by atoms with E-state index in [1.165, 1.54) is 11.3 Å². The van der Waals surface area contributed by atoms with Crippen LogP contribution in [0.5, 0.6) is 5.19 Å². The van der Waals surface area contributed by atoms with Crippen LogP contribution in [0.2, 0.25) is 0 Å². The van der Waals surface area contributed by atoms with Gasteiger partial charge in [0.2, 0.25) is 0 Å². The third-order valence-electron chi connectivity index (χ3n) is 6.24. The molecule has 1 saturated heterocycles. The predicted molar refractivity (Wildman–Crippen MR) is 117 cm³/mol. The van der Waals surface area contributed by atoms with Crippen LogP contribution in [0.4, 0.5) is 5.69 Å². The first-order valence-electron chi connectivity index (χ1n) is 10.3. The number of hydrogen-bond donors (Lipinski definition) is 0. The molecule has 5 rings (SSSR count). The van der Waals surface area contributed by atoms with Crippen LogP contribution in [-0.4, -0.2) is 55.2 Å². The zero-order valence-electron chi connectivity index (χ0n) is 17.7. The van der Waals surface area contributed by atoms with E-state index in [2.05, 4.69) is 34.9 Å². The van der Waals surface area contributed by atoms with Gasteiger partial charge in [-0.1, -0.05) is 11.3 Å². The van der Waals surface area contributed by atoms with Crippen molar-refractivity contribution in [3.05, 3.63) is 22.4 Å². The van der Waals surface area contributed by atoms with Gasteiger partial charge in [0.1, 0.15) is 11.6 Å². The normalized spacial score (nSPS) is 19.1. The van der Waals surface area contributed by atoms with Crippen LogP contribution in [0.15, 0.2) is 9.80 Å². The molecule has 3 heterocycles. The number of nitriles is 1. The second-order valence-corrected chi connectivity index (χ2v) is 9.22. The molecule has 0 N–H and O–H groups in total. The summed E-state index contributed by atoms with van der Waals surface area (Å²) < 4.78 is 11.7. The van der Waals surface area contributed by atoms with Crippen LogP contribution in [0.1, 0.15) is 42.2 Å². The lowest BCUT2D eigenvalue weighted by atomic mass is 9.96. The second-order valence-electron chi connectivity index (χ2n) is 8.39. The third-order valence-corrected chi connectivity index (χ3v) is 7.05. The molecule has 0 amide bonds. The molecule has 2 fully saturated rings. The first kappa shape index (κ1) is 19.3. The van der Waals surface area contributed by atoms with Crippen LogP contribution in [0.25, 0.3) is 22.4 Å². The Labute approximate surface area is 179 Å². The summed E-state index contributed by atoms with van der Waals surface area (Å²) in [5.74, 6) is 1.14. The van der Waals surface area contributed by atoms with Gasteiger partial charge in [0.05, 0.1) is 24.1 Å². The summed E-state index contributed by atoms with van der Waals surface area (Å²) >= 11 is 1.46. The van der Waals surface area contributed by atoms with Crippen molar-refractivity contribution in [2.24, 2.45) is 0 Å². The van der Waals surface area contributed by atoms with Gasteiger partial charge in [-0.25, -0.2) is 9.97 Å². The molecular formula is C22H25N5O2S. The number of methoxy groups -OCH3 is 1. The summed E-state index contributed by atoms with van der Waals surface area (Å²) in [6.07, 6.45) is 3.29. The van der Waals surface area contributed by atoms with Gasteiger partial charge in [0.15, 0.2) is 11.5 Å². The van der Waals surface area contributed by atoms with E-state index in [4.69, 9.17) is 14.1 Å². The highest BCUT2D eigenvalue weighted by atomic mass is 32.1. The molecule has 1 aliphatic carbocycles. The van der Waals surface area contributed by atoms with E-state index >= 15 is 0 Å². The van der Waals surface area contributed by atoms with Gasteiger partial charge >= 0.3 is 0 Å². The van der Waals surface area contributed by atoms with Crippen molar-refractivity contribution in [1.82, 2.24) is 14.9 Å². The van der Waals surface area contributed by atoms with Gasteiger partial charge in [-0.05, 0) is 45.8 Å². The molecule has 1 saturated carbocycles. The van der Waals surface area contributed by atoms with Gasteiger partial charge < -0.3 is 19.0 Å². The Morgan fingerprint density at radius 1 is 1.30 bits per heavy atom. The summed E-state index contributed by atoms with van der Waals surface area (Å²) in [5, 5.41) is 12.6. The Morgan fingerprint density at radius 2 is 2.10 bits per heavy atom. The maximum Gasteiger partial charge on any atom is 0.273 e. The molecule has 0 spiro atoms. The largest absolute Gasteiger partial charge is 0.473 e. The topological polar surface area (TPSA) is 78.4 Å². The van der Waals surface area contributed by atoms with E-state index in [0.717, 1.165) is 66.3 Å². The van der Waals surface area contributed by atoms with Gasteiger partial charge in [-0.2, -0.15) is 5.26 Å². The van der Waals surface area contributed by atoms with E-state index in [1.807, 2.05) is 12.3 Å². The minimum absolute atomic E-state index is 0.382. The van der Waals surface area contributed by atoms with Crippen LogP contribution >= 0.6 is 11.3 Å². The predicted octanol–water partition coefficient (Wildman–Crippen LogP) is 4.16. The molecule has 2 aliphatic rings. The number of benzene rings is 1. The smallest absolute Gasteiger partial charge is 0.273 e. The minimum atomic E-state index is 0.382. The molecule has 3 aromatic rings. The maximum absolute atomic E-state index is 9.98. The van der Waals surface area contributed by atoms with Crippen LogP contribution in [0, 0.1) is 18.3 Å². The molecule has 0 radical (unpaired) electrons. The molecule has 1 aliphatic heterocycles. The van der Waals surface area contributed by atoms with Crippen molar-refractivity contribution in [2.45, 2.75) is 38.1 Å². The lowest BCUT2D eigenvalue weighted by Crippen LogP contribution is -2.31. The number of rotatable bonds is 5. The van der Waals surface area contributed by atoms with Gasteiger partial charge in [0, 0.05) is 36.0 Å². The molecular weight excluding hydrogens is 398 g/mol. The van der Waals surface area contributed by atoms with Crippen molar-refractivity contribution in [3.63, 3.8) is 0 Å². The Kier molecular flexibility index (Phi) is 4.68. The van der Waals surface area contributed by atoms with E-state index in [-0.39, 0.29) is 0 Å². The molecule has 1 unspecified atom stereocenters. The second kappa shape index (κ2) is 7.25. The lowest BCUT2D eigenvalue weighted by Gasteiger charge is -2.25. The Hall–Kier alpha value is -2.63. The number of nitrogens with zero attached hydrogens (tertiary/aromatic N) is 5. The van der Waals surface area contributed by atoms with Crippen LogP contribution < -0.4 is 9.64 Å². The van der Waals surface area contributed by atoms with Crippen molar-refractivity contribution >= 4 is 28.1 Å². The SMILES string of the molecule is COc1nc(-c2c(C)c(C#N)c3nc(C4CC4)oc3c2N2CCC(N(C)C)C2)cs1. The van der Waals surface area contributed by atoms with Crippen molar-refractivity contribution < 1.29 is 9.15 Å². The lowest BCUT2D eigenvalue weighted by molar-refractivity contribution is 0.315. The van der Waals surface area contributed by atoms with Crippen molar-refractivity contribution in [1.29, 1.82) is 5.26 Å². The first-order valence-corrected chi connectivity index (χ1v) is 11.2. The summed E-state index contributed by atoms with van der Waals surface area (Å²) in [7, 11) is 5.88. The fourth-order valence-electron chi connectivity index (χ4n) is 4.35. The number of ether oxygens (including phenoxy) is 1. The fourth-order valence-corrected chi connectivity index (χ4v) is 4.98. The number of hydrogen-bond acceptors (Lipinski definition) is 8. The fraction of sp³-hybridized carbons (Fsp3) is 0.500. The average Bonchev–Trinajstić information content (AvgIpc) is 3.13. The number of fused-ring (bicyclic) bond motifs is 1. The van der Waals surface area contributed by atoms with Gasteiger partial charge in [-0.15, -0.1) is 0 Å². The molecule has 8 heteroatoms. The molecule has 156 valence electrons. The van der Waals surface area contributed by atoms with E-state index in [0.29, 0.717) is 28.2 Å². The zero-order chi connectivity index (χ0) is 21.0. The number of likely N-dealkylation sites (N-methyl/N-ethyl adjacent to an activating group) is 1. The quantitative estimate of drug-likeness (QED) is 0.610. The summed E-state index contributed by atoms with van der Waals surface area (Å²) in [6, 6.07) is 2.85. The first-order chi connectivity index (χ1) is 14.5. The van der Waals surface area contributed by atoms with Crippen molar-refractivity contribution in [3.8, 4) is 22.5 Å². The van der Waals surface area contributed by atoms with E-state index in [1.54, 1.807) is 7.11 Å².